The summed E-state index contributed by atoms with van der Waals surface area (Å²) < 4.78 is 0. The lowest BCUT2D eigenvalue weighted by atomic mass is 10.1. The largest absolute Gasteiger partial charge is 0.223 e. The first-order chi connectivity index (χ1) is 8.76. The summed E-state index contributed by atoms with van der Waals surface area (Å²) >= 11 is 5.99. The van der Waals surface area contributed by atoms with Gasteiger partial charge < -0.3 is 0 Å². The fraction of sp³-hybridized carbons (Fsp3) is 0.200. The smallest absolute Gasteiger partial charge is 0.218 e. The number of benzene rings is 1. The zero-order valence-electron chi connectivity index (χ0n) is 10.5. The molecular weight excluding hydrogens is 244 g/mol. The van der Waals surface area contributed by atoms with Crippen LogP contribution >= 0.6 is 11.6 Å². The van der Waals surface area contributed by atoms with Gasteiger partial charge in [-0.2, -0.15) is 0 Å². The summed E-state index contributed by atoms with van der Waals surface area (Å²) in [5.41, 5.74) is 2.83. The molecule has 1 aromatic carbocycles. The van der Waals surface area contributed by atoms with E-state index in [0.29, 0.717) is 0 Å². The van der Waals surface area contributed by atoms with E-state index in [9.17, 15) is 0 Å². The molecule has 1 aromatic heterocycles. The monoisotopic (exact) mass is 258 g/mol. The van der Waals surface area contributed by atoms with Crippen LogP contribution in [0.4, 0.5) is 0 Å². The molecule has 0 saturated carbocycles. The van der Waals surface area contributed by atoms with Crippen LogP contribution < -0.4 is 0 Å². The standard InChI is InChI=1S/C15H15ClN2/c1-3-5-8-11(4-2)14-12-9-6-7-10-13(12)17-15(16)18-14/h4-10H,3H2,1-2H3/b8-5-,11-4+. The summed E-state index contributed by atoms with van der Waals surface area (Å²) in [6.07, 6.45) is 7.22. The quantitative estimate of drug-likeness (QED) is 0.591. The molecule has 0 bridgehead atoms. The molecule has 0 atom stereocenters. The van der Waals surface area contributed by atoms with Crippen LogP contribution in [-0.4, -0.2) is 9.97 Å². The molecule has 0 N–H and O–H groups in total. The van der Waals surface area contributed by atoms with Crippen LogP contribution in [0.5, 0.6) is 0 Å². The van der Waals surface area contributed by atoms with Crippen molar-refractivity contribution in [3.05, 3.63) is 53.5 Å². The van der Waals surface area contributed by atoms with Gasteiger partial charge in [-0.1, -0.05) is 43.4 Å². The Balaban J connectivity index is 2.65. The molecule has 2 nitrogen and oxygen atoms in total. The van der Waals surface area contributed by atoms with E-state index in [4.69, 9.17) is 11.6 Å². The Morgan fingerprint density at radius 3 is 2.78 bits per heavy atom. The van der Waals surface area contributed by atoms with Crippen molar-refractivity contribution < 1.29 is 0 Å². The van der Waals surface area contributed by atoms with Gasteiger partial charge in [0.15, 0.2) is 0 Å². The second kappa shape index (κ2) is 5.78. The molecule has 0 unspecified atom stereocenters. The highest BCUT2D eigenvalue weighted by Crippen LogP contribution is 2.24. The Morgan fingerprint density at radius 2 is 2.06 bits per heavy atom. The average Bonchev–Trinajstić information content (AvgIpc) is 2.39. The number of nitrogens with zero attached hydrogens (tertiary/aromatic N) is 2. The molecule has 0 radical (unpaired) electrons. The highest BCUT2D eigenvalue weighted by atomic mass is 35.5. The lowest BCUT2D eigenvalue weighted by molar-refractivity contribution is 1.19. The first-order valence-electron chi connectivity index (χ1n) is 6.01. The third-order valence-electron chi connectivity index (χ3n) is 2.69. The second-order valence-electron chi connectivity index (χ2n) is 3.91. The highest BCUT2D eigenvalue weighted by molar-refractivity contribution is 6.28. The number of hydrogen-bond donors (Lipinski definition) is 0. The summed E-state index contributed by atoms with van der Waals surface area (Å²) in [7, 11) is 0. The molecule has 0 aliphatic heterocycles. The Hall–Kier alpha value is -1.67. The number of hydrogen-bond acceptors (Lipinski definition) is 2. The fourth-order valence-electron chi connectivity index (χ4n) is 1.83. The lowest BCUT2D eigenvalue weighted by Crippen LogP contribution is -1.93. The van der Waals surface area contributed by atoms with Gasteiger partial charge >= 0.3 is 0 Å². The second-order valence-corrected chi connectivity index (χ2v) is 4.25. The predicted octanol–water partition coefficient (Wildman–Crippen LogP) is 4.65. The van der Waals surface area contributed by atoms with Crippen molar-refractivity contribution in [2.75, 3.05) is 0 Å². The van der Waals surface area contributed by atoms with E-state index in [2.05, 4.69) is 29.0 Å². The van der Waals surface area contributed by atoms with Crippen molar-refractivity contribution in [3.63, 3.8) is 0 Å². The zero-order valence-corrected chi connectivity index (χ0v) is 11.3. The number of halogens is 1. The van der Waals surface area contributed by atoms with Crippen LogP contribution in [0, 0.1) is 0 Å². The zero-order chi connectivity index (χ0) is 13.0. The van der Waals surface area contributed by atoms with E-state index in [0.717, 1.165) is 28.6 Å². The van der Waals surface area contributed by atoms with E-state index >= 15 is 0 Å². The Labute approximate surface area is 112 Å². The predicted molar refractivity (Wildman–Crippen MR) is 77.6 cm³/mol. The molecule has 18 heavy (non-hydrogen) atoms. The van der Waals surface area contributed by atoms with Gasteiger partial charge in [-0.25, -0.2) is 9.97 Å². The molecule has 0 fully saturated rings. The number of fused-ring (bicyclic) bond motifs is 1. The van der Waals surface area contributed by atoms with E-state index in [1.165, 1.54) is 0 Å². The van der Waals surface area contributed by atoms with E-state index in [-0.39, 0.29) is 5.28 Å². The molecule has 0 aliphatic rings. The van der Waals surface area contributed by atoms with Gasteiger partial charge in [0.2, 0.25) is 5.28 Å². The van der Waals surface area contributed by atoms with Crippen LogP contribution in [0.3, 0.4) is 0 Å². The molecule has 3 heteroatoms. The maximum absolute atomic E-state index is 5.99. The van der Waals surface area contributed by atoms with Gasteiger partial charge in [0.05, 0.1) is 11.2 Å². The number of para-hydroxylation sites is 1. The summed E-state index contributed by atoms with van der Waals surface area (Å²) in [5.74, 6) is 0. The molecule has 92 valence electrons. The van der Waals surface area contributed by atoms with Gasteiger partial charge in [0.1, 0.15) is 0 Å². The maximum atomic E-state index is 5.99. The molecule has 2 aromatic rings. The van der Waals surface area contributed by atoms with Crippen LogP contribution in [0.15, 0.2) is 42.5 Å². The maximum Gasteiger partial charge on any atom is 0.223 e. The fourth-order valence-corrected chi connectivity index (χ4v) is 2.00. The van der Waals surface area contributed by atoms with E-state index < -0.39 is 0 Å². The van der Waals surface area contributed by atoms with Gasteiger partial charge in [0.25, 0.3) is 0 Å². The van der Waals surface area contributed by atoms with Crippen LogP contribution in [0.2, 0.25) is 5.28 Å². The summed E-state index contributed by atoms with van der Waals surface area (Å²) in [6, 6.07) is 7.90. The molecular formula is C15H15ClN2. The van der Waals surface area contributed by atoms with Crippen molar-refractivity contribution in [3.8, 4) is 0 Å². The Kier molecular flexibility index (Phi) is 4.11. The van der Waals surface area contributed by atoms with Crippen molar-refractivity contribution >= 4 is 28.1 Å². The summed E-state index contributed by atoms with van der Waals surface area (Å²) in [5, 5.41) is 1.31. The third-order valence-corrected chi connectivity index (χ3v) is 2.86. The van der Waals surface area contributed by atoms with Crippen molar-refractivity contribution in [2.45, 2.75) is 20.3 Å². The number of allylic oxidation sites excluding steroid dienone is 4. The first-order valence-corrected chi connectivity index (χ1v) is 6.39. The van der Waals surface area contributed by atoms with Crippen molar-refractivity contribution in [2.24, 2.45) is 0 Å². The van der Waals surface area contributed by atoms with Crippen LogP contribution in [-0.2, 0) is 0 Å². The molecule has 2 rings (SSSR count). The first kappa shape index (κ1) is 12.8. The van der Waals surface area contributed by atoms with Gasteiger partial charge in [0, 0.05) is 5.39 Å². The highest BCUT2D eigenvalue weighted by Gasteiger charge is 2.08. The lowest BCUT2D eigenvalue weighted by Gasteiger charge is -2.06. The van der Waals surface area contributed by atoms with E-state index in [1.54, 1.807) is 0 Å². The number of rotatable bonds is 3. The van der Waals surface area contributed by atoms with Crippen LogP contribution in [0.1, 0.15) is 26.0 Å². The van der Waals surface area contributed by atoms with Gasteiger partial charge in [-0.05, 0) is 36.6 Å². The molecule has 0 amide bonds. The molecule has 1 heterocycles. The topological polar surface area (TPSA) is 25.8 Å². The third kappa shape index (κ3) is 2.59. The van der Waals surface area contributed by atoms with Crippen molar-refractivity contribution in [1.29, 1.82) is 0 Å². The van der Waals surface area contributed by atoms with Gasteiger partial charge in [-0.15, -0.1) is 0 Å². The average molecular weight is 259 g/mol. The molecule has 0 aliphatic carbocycles. The van der Waals surface area contributed by atoms with Gasteiger partial charge in [-0.3, -0.25) is 0 Å². The molecule has 0 saturated heterocycles. The number of aromatic nitrogens is 2. The van der Waals surface area contributed by atoms with E-state index in [1.807, 2.05) is 37.3 Å². The SMILES string of the molecule is C/C=C(\C=C/CC)c1nc(Cl)nc2ccccc12. The summed E-state index contributed by atoms with van der Waals surface area (Å²) in [6.45, 7) is 4.11. The summed E-state index contributed by atoms with van der Waals surface area (Å²) in [4.78, 5) is 8.60. The minimum absolute atomic E-state index is 0.285. The Morgan fingerprint density at radius 1 is 1.28 bits per heavy atom. The Bertz CT molecular complexity index is 615. The van der Waals surface area contributed by atoms with Crippen LogP contribution in [0.25, 0.3) is 16.5 Å². The normalized spacial score (nSPS) is 12.5. The van der Waals surface area contributed by atoms with Crippen molar-refractivity contribution in [1.82, 2.24) is 9.97 Å². The minimum Gasteiger partial charge on any atom is -0.218 e. The molecule has 0 spiro atoms. The minimum atomic E-state index is 0.285.